The average Bonchev–Trinajstić information content (AvgIpc) is 2.56. The van der Waals surface area contributed by atoms with E-state index in [-0.39, 0.29) is 16.8 Å². The van der Waals surface area contributed by atoms with Crippen LogP contribution in [-0.2, 0) is 4.79 Å². The van der Waals surface area contributed by atoms with E-state index in [4.69, 9.17) is 12.2 Å². The number of hydrogen-bond acceptors (Lipinski definition) is 2. The SMILES string of the molecule is O=C(CCCC1CCCCC1)NNC(=S)Nc1ccc(F)cc1. The van der Waals surface area contributed by atoms with Crippen LogP contribution in [0.5, 0.6) is 0 Å². The molecule has 4 nitrogen and oxygen atoms in total. The van der Waals surface area contributed by atoms with Gasteiger partial charge in [-0.1, -0.05) is 32.1 Å². The van der Waals surface area contributed by atoms with Crippen LogP contribution in [0.2, 0.25) is 0 Å². The van der Waals surface area contributed by atoms with Gasteiger partial charge in [0.25, 0.3) is 0 Å². The summed E-state index contributed by atoms with van der Waals surface area (Å²) in [6.07, 6.45) is 9.20. The molecule has 126 valence electrons. The molecular weight excluding hydrogens is 313 g/mol. The third kappa shape index (κ3) is 6.95. The van der Waals surface area contributed by atoms with Gasteiger partial charge in [-0.25, -0.2) is 4.39 Å². The highest BCUT2D eigenvalue weighted by atomic mass is 32.1. The number of carbonyl (C=O) groups excluding carboxylic acids is 1. The van der Waals surface area contributed by atoms with E-state index in [0.29, 0.717) is 12.1 Å². The molecule has 0 radical (unpaired) electrons. The molecular formula is C17H24FN3OS. The van der Waals surface area contributed by atoms with Crippen LogP contribution < -0.4 is 16.2 Å². The first-order valence-electron chi connectivity index (χ1n) is 8.25. The largest absolute Gasteiger partial charge is 0.331 e. The standard InChI is InChI=1S/C17H24FN3OS/c18-14-9-11-15(12-10-14)19-17(23)21-20-16(22)8-4-7-13-5-2-1-3-6-13/h9-13H,1-8H2,(H,20,22)(H2,19,21,23). The third-order valence-electron chi connectivity index (χ3n) is 4.16. The van der Waals surface area contributed by atoms with Crippen LogP contribution in [0.1, 0.15) is 51.4 Å². The minimum atomic E-state index is -0.305. The number of hydrogen-bond donors (Lipinski definition) is 3. The van der Waals surface area contributed by atoms with Crippen molar-refractivity contribution in [2.45, 2.75) is 51.4 Å². The molecule has 0 bridgehead atoms. The van der Waals surface area contributed by atoms with Crippen molar-refractivity contribution >= 4 is 28.9 Å². The van der Waals surface area contributed by atoms with E-state index in [1.165, 1.54) is 44.2 Å². The van der Waals surface area contributed by atoms with Crippen LogP contribution in [0.25, 0.3) is 0 Å². The Bertz CT molecular complexity index is 515. The topological polar surface area (TPSA) is 53.2 Å². The van der Waals surface area contributed by atoms with Crippen molar-refractivity contribution in [3.8, 4) is 0 Å². The Labute approximate surface area is 142 Å². The molecule has 0 unspecified atom stereocenters. The van der Waals surface area contributed by atoms with Crippen LogP contribution >= 0.6 is 12.2 Å². The second-order valence-corrected chi connectivity index (χ2v) is 6.44. The van der Waals surface area contributed by atoms with Crippen LogP contribution in [0.15, 0.2) is 24.3 Å². The molecule has 1 aliphatic carbocycles. The molecule has 0 spiro atoms. The molecule has 3 N–H and O–H groups in total. The summed E-state index contributed by atoms with van der Waals surface area (Å²) in [5, 5.41) is 3.15. The van der Waals surface area contributed by atoms with E-state index in [9.17, 15) is 9.18 Å². The Hall–Kier alpha value is -1.69. The first-order chi connectivity index (χ1) is 11.1. The summed E-state index contributed by atoms with van der Waals surface area (Å²) in [4.78, 5) is 11.8. The summed E-state index contributed by atoms with van der Waals surface area (Å²) in [7, 11) is 0. The van der Waals surface area contributed by atoms with Crippen molar-refractivity contribution in [1.29, 1.82) is 0 Å². The van der Waals surface area contributed by atoms with Gasteiger partial charge in [0.1, 0.15) is 5.82 Å². The summed E-state index contributed by atoms with van der Waals surface area (Å²) in [6.45, 7) is 0. The van der Waals surface area contributed by atoms with Crippen molar-refractivity contribution < 1.29 is 9.18 Å². The smallest absolute Gasteiger partial charge is 0.238 e. The van der Waals surface area contributed by atoms with Gasteiger partial charge in [-0.2, -0.15) is 0 Å². The first kappa shape index (κ1) is 17.7. The lowest BCUT2D eigenvalue weighted by Gasteiger charge is -2.21. The normalized spacial score (nSPS) is 15.0. The van der Waals surface area contributed by atoms with Crippen molar-refractivity contribution in [2.75, 3.05) is 5.32 Å². The van der Waals surface area contributed by atoms with E-state index in [0.717, 1.165) is 18.8 Å². The molecule has 2 rings (SSSR count). The molecule has 0 atom stereocenters. The molecule has 1 aromatic carbocycles. The number of rotatable bonds is 5. The van der Waals surface area contributed by atoms with Crippen molar-refractivity contribution in [3.63, 3.8) is 0 Å². The van der Waals surface area contributed by atoms with E-state index < -0.39 is 0 Å². The monoisotopic (exact) mass is 337 g/mol. The molecule has 1 aliphatic rings. The van der Waals surface area contributed by atoms with Crippen molar-refractivity contribution in [2.24, 2.45) is 5.92 Å². The molecule has 0 aromatic heterocycles. The highest BCUT2D eigenvalue weighted by Gasteiger charge is 2.13. The summed E-state index contributed by atoms with van der Waals surface area (Å²) in [5.41, 5.74) is 5.91. The molecule has 1 fully saturated rings. The minimum Gasteiger partial charge on any atom is -0.331 e. The van der Waals surface area contributed by atoms with Gasteiger partial charge in [0.05, 0.1) is 0 Å². The fraction of sp³-hybridized carbons (Fsp3) is 0.529. The molecule has 23 heavy (non-hydrogen) atoms. The van der Waals surface area contributed by atoms with E-state index in [2.05, 4.69) is 16.2 Å². The second kappa shape index (κ2) is 9.45. The first-order valence-corrected chi connectivity index (χ1v) is 8.66. The molecule has 6 heteroatoms. The average molecular weight is 337 g/mol. The molecule has 0 aliphatic heterocycles. The highest BCUT2D eigenvalue weighted by Crippen LogP contribution is 2.27. The quantitative estimate of drug-likeness (QED) is 0.563. The second-order valence-electron chi connectivity index (χ2n) is 6.03. The van der Waals surface area contributed by atoms with Crippen LogP contribution in [-0.4, -0.2) is 11.0 Å². The van der Waals surface area contributed by atoms with Gasteiger partial charge in [0.2, 0.25) is 5.91 Å². The number of nitrogens with one attached hydrogen (secondary N) is 3. The number of thiocarbonyl (C=S) groups is 1. The highest BCUT2D eigenvalue weighted by molar-refractivity contribution is 7.80. The molecule has 0 saturated heterocycles. The van der Waals surface area contributed by atoms with Gasteiger partial charge in [-0.05, 0) is 55.2 Å². The fourth-order valence-electron chi connectivity index (χ4n) is 2.91. The van der Waals surface area contributed by atoms with Crippen molar-refractivity contribution in [1.82, 2.24) is 10.9 Å². The molecule has 1 amide bonds. The van der Waals surface area contributed by atoms with E-state index in [1.807, 2.05) is 0 Å². The predicted octanol–water partition coefficient (Wildman–Crippen LogP) is 3.89. The summed E-state index contributed by atoms with van der Waals surface area (Å²) >= 11 is 5.07. The maximum atomic E-state index is 12.8. The van der Waals surface area contributed by atoms with E-state index >= 15 is 0 Å². The Morgan fingerprint density at radius 2 is 1.83 bits per heavy atom. The minimum absolute atomic E-state index is 0.0657. The lowest BCUT2D eigenvalue weighted by Crippen LogP contribution is -2.43. The zero-order valence-electron chi connectivity index (χ0n) is 13.2. The van der Waals surface area contributed by atoms with Gasteiger partial charge >= 0.3 is 0 Å². The van der Waals surface area contributed by atoms with Gasteiger partial charge in [0, 0.05) is 12.1 Å². The molecule has 1 saturated carbocycles. The lowest BCUT2D eigenvalue weighted by molar-refractivity contribution is -0.121. The Kier molecular flexibility index (Phi) is 7.26. The summed E-state index contributed by atoms with van der Waals surface area (Å²) < 4.78 is 12.8. The van der Waals surface area contributed by atoms with E-state index in [1.54, 1.807) is 12.1 Å². The van der Waals surface area contributed by atoms with Crippen molar-refractivity contribution in [3.05, 3.63) is 30.1 Å². The van der Waals surface area contributed by atoms with Gasteiger partial charge in [0.15, 0.2) is 5.11 Å². The maximum Gasteiger partial charge on any atom is 0.238 e. The van der Waals surface area contributed by atoms with Gasteiger partial charge in [-0.3, -0.25) is 15.6 Å². The fourth-order valence-corrected chi connectivity index (χ4v) is 3.08. The van der Waals surface area contributed by atoms with Crippen LogP contribution in [0.3, 0.4) is 0 Å². The number of amides is 1. The van der Waals surface area contributed by atoms with Gasteiger partial charge in [-0.15, -0.1) is 0 Å². The van der Waals surface area contributed by atoms with Gasteiger partial charge < -0.3 is 5.32 Å². The number of anilines is 1. The Balaban J connectivity index is 1.58. The van der Waals surface area contributed by atoms with Crippen LogP contribution in [0, 0.1) is 11.7 Å². The molecule has 0 heterocycles. The summed E-state index contributed by atoms with van der Waals surface area (Å²) in [5.74, 6) is 0.426. The maximum absolute atomic E-state index is 12.8. The zero-order chi connectivity index (χ0) is 16.5. The zero-order valence-corrected chi connectivity index (χ0v) is 14.1. The number of hydrazine groups is 1. The number of benzene rings is 1. The number of carbonyl (C=O) groups is 1. The lowest BCUT2D eigenvalue weighted by atomic mass is 9.86. The number of halogens is 1. The Morgan fingerprint density at radius 3 is 2.52 bits per heavy atom. The Morgan fingerprint density at radius 1 is 1.13 bits per heavy atom. The van der Waals surface area contributed by atoms with Crippen LogP contribution in [0.4, 0.5) is 10.1 Å². The predicted molar refractivity (Wildman–Crippen MR) is 94.3 cm³/mol. The third-order valence-corrected chi connectivity index (χ3v) is 4.36. The summed E-state index contributed by atoms with van der Waals surface area (Å²) in [6, 6.07) is 5.84. The molecule has 1 aromatic rings.